The maximum absolute atomic E-state index is 5.82. The lowest BCUT2D eigenvalue weighted by molar-refractivity contribution is 0.369. The van der Waals surface area contributed by atoms with E-state index in [9.17, 15) is 0 Å². The molecule has 1 heterocycles. The zero-order valence-corrected chi connectivity index (χ0v) is 9.58. The average molecular weight is 222 g/mol. The summed E-state index contributed by atoms with van der Waals surface area (Å²) >= 11 is 5.82. The summed E-state index contributed by atoms with van der Waals surface area (Å²) in [5.41, 5.74) is 1.44. The van der Waals surface area contributed by atoms with E-state index < -0.39 is 0 Å². The molecule has 80 valence electrons. The van der Waals surface area contributed by atoms with Crippen LogP contribution in [0.5, 0.6) is 0 Å². The molecular formula is C13H16ClN. The van der Waals surface area contributed by atoms with Crippen LogP contribution in [0.3, 0.4) is 0 Å². The molecule has 1 fully saturated rings. The zero-order valence-electron chi connectivity index (χ0n) is 8.82. The third-order valence-electron chi connectivity index (χ3n) is 2.94. The Morgan fingerprint density at radius 2 is 2.13 bits per heavy atom. The van der Waals surface area contributed by atoms with Crippen molar-refractivity contribution in [2.24, 2.45) is 0 Å². The second-order valence-electron chi connectivity index (χ2n) is 4.15. The van der Waals surface area contributed by atoms with Crippen LogP contribution in [0.15, 0.2) is 41.9 Å². The highest BCUT2D eigenvalue weighted by atomic mass is 35.5. The Balaban J connectivity index is 1.96. The molecule has 15 heavy (non-hydrogen) atoms. The lowest BCUT2D eigenvalue weighted by Gasteiger charge is -2.14. The highest BCUT2D eigenvalue weighted by molar-refractivity contribution is 6.29. The molecule has 2 heteroatoms. The Hall–Kier alpha value is -0.790. The van der Waals surface area contributed by atoms with E-state index in [-0.39, 0.29) is 0 Å². The highest BCUT2D eigenvalue weighted by Crippen LogP contribution is 2.27. The van der Waals surface area contributed by atoms with Crippen molar-refractivity contribution in [1.29, 1.82) is 0 Å². The number of rotatable bonds is 3. The van der Waals surface area contributed by atoms with Crippen molar-refractivity contribution in [3.63, 3.8) is 0 Å². The molecule has 1 aliphatic rings. The van der Waals surface area contributed by atoms with E-state index in [4.69, 9.17) is 11.6 Å². The summed E-state index contributed by atoms with van der Waals surface area (Å²) < 4.78 is 0. The quantitative estimate of drug-likeness (QED) is 0.758. The smallest absolute Gasteiger partial charge is 0.0335 e. The fraction of sp³-hybridized carbons (Fsp3) is 0.385. The first kappa shape index (κ1) is 10.7. The van der Waals surface area contributed by atoms with Gasteiger partial charge in [0.15, 0.2) is 0 Å². The fourth-order valence-electron chi connectivity index (χ4n) is 2.22. The third kappa shape index (κ3) is 2.83. The van der Waals surface area contributed by atoms with Crippen molar-refractivity contribution < 1.29 is 0 Å². The molecule has 0 saturated carbocycles. The number of halogens is 1. The minimum Gasteiger partial charge on any atom is -0.298 e. The first-order chi connectivity index (χ1) is 7.25. The molecule has 0 amide bonds. The van der Waals surface area contributed by atoms with E-state index in [1.165, 1.54) is 12.0 Å². The molecule has 1 aliphatic heterocycles. The molecule has 1 nitrogen and oxygen atoms in total. The maximum Gasteiger partial charge on any atom is 0.0335 e. The van der Waals surface area contributed by atoms with Crippen molar-refractivity contribution in [3.05, 3.63) is 47.5 Å². The minimum absolute atomic E-state index is 0.669. The van der Waals surface area contributed by atoms with Crippen LogP contribution in [0.25, 0.3) is 0 Å². The molecule has 1 unspecified atom stereocenters. The molecule has 1 atom stereocenters. The van der Waals surface area contributed by atoms with E-state index >= 15 is 0 Å². The Bertz CT molecular complexity index is 334. The average Bonchev–Trinajstić information content (AvgIpc) is 2.67. The Morgan fingerprint density at radius 1 is 1.40 bits per heavy atom. The molecule has 1 aromatic carbocycles. The van der Waals surface area contributed by atoms with Crippen LogP contribution in [0.1, 0.15) is 17.9 Å². The standard InChI is InChI=1S/C13H16ClN/c1-11(14)9-15-8-7-13(10-15)12-5-3-2-4-6-12/h2-6,13H,1,7-10H2. The van der Waals surface area contributed by atoms with Gasteiger partial charge in [0.1, 0.15) is 0 Å². The molecule has 0 N–H and O–H groups in total. The van der Waals surface area contributed by atoms with Crippen LogP contribution in [0.4, 0.5) is 0 Å². The Morgan fingerprint density at radius 3 is 2.80 bits per heavy atom. The molecular weight excluding hydrogens is 206 g/mol. The van der Waals surface area contributed by atoms with E-state index in [1.54, 1.807) is 0 Å². The van der Waals surface area contributed by atoms with Crippen LogP contribution in [0, 0.1) is 0 Å². The lowest BCUT2D eigenvalue weighted by atomic mass is 9.99. The van der Waals surface area contributed by atoms with E-state index in [0.717, 1.165) is 24.7 Å². The third-order valence-corrected chi connectivity index (χ3v) is 3.06. The second kappa shape index (κ2) is 4.82. The van der Waals surface area contributed by atoms with Gasteiger partial charge in [-0.3, -0.25) is 4.90 Å². The molecule has 0 aromatic heterocycles. The van der Waals surface area contributed by atoms with Crippen molar-refractivity contribution in [1.82, 2.24) is 4.90 Å². The van der Waals surface area contributed by atoms with Crippen LogP contribution in [-0.2, 0) is 0 Å². The summed E-state index contributed by atoms with van der Waals surface area (Å²) in [6.45, 7) is 6.80. The van der Waals surface area contributed by atoms with Gasteiger partial charge in [0, 0.05) is 18.1 Å². The number of hydrogen-bond acceptors (Lipinski definition) is 1. The van der Waals surface area contributed by atoms with Crippen LogP contribution in [-0.4, -0.2) is 24.5 Å². The molecule has 0 radical (unpaired) electrons. The number of nitrogens with zero attached hydrogens (tertiary/aromatic N) is 1. The summed E-state index contributed by atoms with van der Waals surface area (Å²) in [7, 11) is 0. The number of likely N-dealkylation sites (tertiary alicyclic amines) is 1. The Kier molecular flexibility index (Phi) is 3.45. The summed E-state index contributed by atoms with van der Waals surface area (Å²) in [6, 6.07) is 10.7. The monoisotopic (exact) mass is 221 g/mol. The van der Waals surface area contributed by atoms with Crippen LogP contribution >= 0.6 is 11.6 Å². The predicted molar refractivity (Wildman–Crippen MR) is 65.2 cm³/mol. The van der Waals surface area contributed by atoms with E-state index in [1.807, 2.05) is 0 Å². The molecule has 0 spiro atoms. The second-order valence-corrected chi connectivity index (χ2v) is 4.68. The number of benzene rings is 1. The maximum atomic E-state index is 5.82. The summed E-state index contributed by atoms with van der Waals surface area (Å²) in [6.07, 6.45) is 1.23. The Labute approximate surface area is 96.4 Å². The SMILES string of the molecule is C=C(Cl)CN1CCC(c2ccccc2)C1. The molecule has 0 aliphatic carbocycles. The van der Waals surface area contributed by atoms with Gasteiger partial charge in [0.25, 0.3) is 0 Å². The van der Waals surface area contributed by atoms with Crippen LogP contribution in [0.2, 0.25) is 0 Å². The normalized spacial score (nSPS) is 21.8. The van der Waals surface area contributed by atoms with Gasteiger partial charge in [-0.2, -0.15) is 0 Å². The van der Waals surface area contributed by atoms with Crippen molar-refractivity contribution in [2.75, 3.05) is 19.6 Å². The molecule has 0 bridgehead atoms. The van der Waals surface area contributed by atoms with Gasteiger partial charge >= 0.3 is 0 Å². The van der Waals surface area contributed by atoms with Crippen molar-refractivity contribution >= 4 is 11.6 Å². The topological polar surface area (TPSA) is 3.24 Å². The molecule has 2 rings (SSSR count). The van der Waals surface area contributed by atoms with Gasteiger partial charge in [-0.25, -0.2) is 0 Å². The van der Waals surface area contributed by atoms with Crippen molar-refractivity contribution in [3.8, 4) is 0 Å². The van der Waals surface area contributed by atoms with E-state index in [0.29, 0.717) is 5.92 Å². The van der Waals surface area contributed by atoms with Gasteiger partial charge in [0.2, 0.25) is 0 Å². The largest absolute Gasteiger partial charge is 0.298 e. The van der Waals surface area contributed by atoms with E-state index in [2.05, 4.69) is 41.8 Å². The lowest BCUT2D eigenvalue weighted by Crippen LogP contribution is -2.21. The van der Waals surface area contributed by atoms with Gasteiger partial charge in [-0.15, -0.1) is 0 Å². The van der Waals surface area contributed by atoms with Gasteiger partial charge in [-0.1, -0.05) is 48.5 Å². The minimum atomic E-state index is 0.669. The van der Waals surface area contributed by atoms with Crippen LogP contribution < -0.4 is 0 Å². The molecule has 1 saturated heterocycles. The predicted octanol–water partition coefficient (Wildman–Crippen LogP) is 3.23. The number of hydrogen-bond donors (Lipinski definition) is 0. The first-order valence-electron chi connectivity index (χ1n) is 5.36. The summed E-state index contributed by atoms with van der Waals surface area (Å²) in [5, 5.41) is 0.740. The summed E-state index contributed by atoms with van der Waals surface area (Å²) in [5.74, 6) is 0.669. The van der Waals surface area contributed by atoms with Crippen molar-refractivity contribution in [2.45, 2.75) is 12.3 Å². The van der Waals surface area contributed by atoms with Gasteiger partial charge in [0.05, 0.1) is 0 Å². The van der Waals surface area contributed by atoms with Gasteiger partial charge < -0.3 is 0 Å². The van der Waals surface area contributed by atoms with Gasteiger partial charge in [-0.05, 0) is 24.4 Å². The fourth-order valence-corrected chi connectivity index (χ4v) is 2.39. The summed E-state index contributed by atoms with van der Waals surface area (Å²) in [4.78, 5) is 2.37. The molecule has 1 aromatic rings. The zero-order chi connectivity index (χ0) is 10.7. The first-order valence-corrected chi connectivity index (χ1v) is 5.74. The highest BCUT2D eigenvalue weighted by Gasteiger charge is 2.23.